The Labute approximate surface area is 135 Å². The van der Waals surface area contributed by atoms with Crippen molar-refractivity contribution in [1.29, 1.82) is 0 Å². The molecule has 2 aromatic carbocycles. The summed E-state index contributed by atoms with van der Waals surface area (Å²) in [7, 11) is 0. The molecule has 124 valence electrons. The molecule has 1 aliphatic carbocycles. The quantitative estimate of drug-likeness (QED) is 0.841. The molecule has 0 bridgehead atoms. The molecule has 0 saturated heterocycles. The lowest BCUT2D eigenvalue weighted by Gasteiger charge is -2.15. The first kappa shape index (κ1) is 16.0. The molecule has 1 fully saturated rings. The molecule has 0 unspecified atom stereocenters. The molecule has 0 heterocycles. The minimum atomic E-state index is -1.25. The van der Waals surface area contributed by atoms with Gasteiger partial charge < -0.3 is 10.6 Å². The molecule has 24 heavy (non-hydrogen) atoms. The zero-order valence-electron chi connectivity index (χ0n) is 12.4. The molecule has 2 amide bonds. The van der Waals surface area contributed by atoms with Crippen molar-refractivity contribution in [1.82, 2.24) is 0 Å². The Morgan fingerprint density at radius 1 is 0.792 bits per heavy atom. The number of hydrogen-bond donors (Lipinski definition) is 2. The summed E-state index contributed by atoms with van der Waals surface area (Å²) in [6.45, 7) is 0. The molecule has 0 aliphatic heterocycles. The third kappa shape index (κ3) is 3.10. The largest absolute Gasteiger partial charge is 0.325 e. The second-order valence-corrected chi connectivity index (χ2v) is 5.63. The van der Waals surface area contributed by atoms with E-state index in [-0.39, 0.29) is 5.69 Å². The zero-order valence-corrected chi connectivity index (χ0v) is 12.4. The van der Waals surface area contributed by atoms with E-state index in [1.165, 1.54) is 30.3 Å². The van der Waals surface area contributed by atoms with E-state index >= 15 is 0 Å². The lowest BCUT2D eigenvalue weighted by atomic mass is 10.0. The highest BCUT2D eigenvalue weighted by molar-refractivity contribution is 6.16. The van der Waals surface area contributed by atoms with Crippen molar-refractivity contribution < 1.29 is 22.8 Å². The Kier molecular flexibility index (Phi) is 4.01. The number of nitrogens with one attached hydrogen (secondary N) is 2. The summed E-state index contributed by atoms with van der Waals surface area (Å²) >= 11 is 0. The number of amides is 2. The summed E-state index contributed by atoms with van der Waals surface area (Å²) in [6.07, 6.45) is 0.686. The standard InChI is InChI=1S/C17H13F3N2O2/c18-10-1-3-11(4-2-10)21-15(23)17(7-8-17)16(24)22-12-5-6-13(19)14(20)9-12/h1-6,9H,7-8H2,(H,21,23)(H,22,24). The van der Waals surface area contributed by atoms with Crippen LogP contribution in [-0.2, 0) is 9.59 Å². The first-order chi connectivity index (χ1) is 11.4. The van der Waals surface area contributed by atoms with E-state index in [0.29, 0.717) is 18.5 Å². The predicted octanol–water partition coefficient (Wildman–Crippen LogP) is 3.46. The second kappa shape index (κ2) is 5.99. The third-order valence-corrected chi connectivity index (χ3v) is 3.90. The number of anilines is 2. The second-order valence-electron chi connectivity index (χ2n) is 5.63. The van der Waals surface area contributed by atoms with Crippen molar-refractivity contribution in [3.05, 3.63) is 59.9 Å². The van der Waals surface area contributed by atoms with E-state index in [9.17, 15) is 22.8 Å². The summed E-state index contributed by atoms with van der Waals surface area (Å²) in [5, 5.41) is 4.98. The molecular formula is C17H13F3N2O2. The van der Waals surface area contributed by atoms with E-state index in [1.807, 2.05) is 0 Å². The first-order valence-corrected chi connectivity index (χ1v) is 7.24. The molecule has 0 aromatic heterocycles. The molecule has 3 rings (SSSR count). The molecule has 1 saturated carbocycles. The SMILES string of the molecule is O=C(Nc1ccc(F)cc1)C1(C(=O)Nc2ccc(F)c(F)c2)CC1. The minimum absolute atomic E-state index is 0.0692. The highest BCUT2D eigenvalue weighted by Gasteiger charge is 2.56. The van der Waals surface area contributed by atoms with Gasteiger partial charge in [-0.15, -0.1) is 0 Å². The number of carbonyl (C=O) groups is 2. The van der Waals surface area contributed by atoms with Crippen LogP contribution >= 0.6 is 0 Å². The Morgan fingerprint density at radius 3 is 1.88 bits per heavy atom. The molecular weight excluding hydrogens is 321 g/mol. The number of hydrogen-bond acceptors (Lipinski definition) is 2. The van der Waals surface area contributed by atoms with Gasteiger partial charge in [0.2, 0.25) is 11.8 Å². The van der Waals surface area contributed by atoms with Crippen molar-refractivity contribution in [2.75, 3.05) is 10.6 Å². The molecule has 4 nitrogen and oxygen atoms in total. The van der Waals surface area contributed by atoms with Gasteiger partial charge in [-0.25, -0.2) is 13.2 Å². The van der Waals surface area contributed by atoms with Crippen LogP contribution in [0.1, 0.15) is 12.8 Å². The van der Waals surface area contributed by atoms with Gasteiger partial charge in [0.05, 0.1) is 0 Å². The van der Waals surface area contributed by atoms with E-state index in [1.54, 1.807) is 0 Å². The average Bonchev–Trinajstić information content (AvgIpc) is 3.35. The van der Waals surface area contributed by atoms with Gasteiger partial charge in [0.15, 0.2) is 11.6 Å². The molecule has 0 spiro atoms. The molecule has 2 N–H and O–H groups in total. The van der Waals surface area contributed by atoms with Gasteiger partial charge in [0.1, 0.15) is 11.2 Å². The highest BCUT2D eigenvalue weighted by atomic mass is 19.2. The van der Waals surface area contributed by atoms with Crippen LogP contribution in [0.2, 0.25) is 0 Å². The highest BCUT2D eigenvalue weighted by Crippen LogP contribution is 2.47. The maximum absolute atomic E-state index is 13.2. The van der Waals surface area contributed by atoms with Crippen molar-refractivity contribution >= 4 is 23.2 Å². The van der Waals surface area contributed by atoms with Crippen LogP contribution in [0, 0.1) is 22.9 Å². The Morgan fingerprint density at radius 2 is 1.33 bits per heavy atom. The molecule has 7 heteroatoms. The Balaban J connectivity index is 1.70. The lowest BCUT2D eigenvalue weighted by molar-refractivity contribution is -0.131. The van der Waals surface area contributed by atoms with Crippen LogP contribution in [0.25, 0.3) is 0 Å². The van der Waals surface area contributed by atoms with Gasteiger partial charge in [0, 0.05) is 17.4 Å². The maximum Gasteiger partial charge on any atom is 0.240 e. The van der Waals surface area contributed by atoms with E-state index in [0.717, 1.165) is 12.1 Å². The fourth-order valence-electron chi connectivity index (χ4n) is 2.29. The summed E-state index contributed by atoms with van der Waals surface area (Å²) < 4.78 is 39.0. The normalized spacial score (nSPS) is 14.8. The van der Waals surface area contributed by atoms with Gasteiger partial charge in [-0.2, -0.15) is 0 Å². The maximum atomic E-state index is 13.2. The Hall–Kier alpha value is -2.83. The summed E-state index contributed by atoms with van der Waals surface area (Å²) in [5.41, 5.74) is -0.813. The number of rotatable bonds is 4. The molecule has 2 aromatic rings. The minimum Gasteiger partial charge on any atom is -0.325 e. The van der Waals surface area contributed by atoms with Crippen molar-refractivity contribution in [2.24, 2.45) is 5.41 Å². The van der Waals surface area contributed by atoms with Crippen LogP contribution in [-0.4, -0.2) is 11.8 Å². The van der Waals surface area contributed by atoms with E-state index in [4.69, 9.17) is 0 Å². The Bertz CT molecular complexity index is 802. The van der Waals surface area contributed by atoms with Crippen LogP contribution in [0.15, 0.2) is 42.5 Å². The summed E-state index contributed by atoms with van der Waals surface area (Å²) in [5.74, 6) is -3.66. The van der Waals surface area contributed by atoms with Gasteiger partial charge in [-0.3, -0.25) is 9.59 Å². The van der Waals surface area contributed by atoms with Crippen LogP contribution in [0.5, 0.6) is 0 Å². The first-order valence-electron chi connectivity index (χ1n) is 7.24. The van der Waals surface area contributed by atoms with Crippen LogP contribution in [0.4, 0.5) is 24.5 Å². The topological polar surface area (TPSA) is 58.2 Å². The zero-order chi connectivity index (χ0) is 17.3. The van der Waals surface area contributed by atoms with Crippen molar-refractivity contribution in [3.63, 3.8) is 0 Å². The number of benzene rings is 2. The summed E-state index contributed by atoms with van der Waals surface area (Å²) in [6, 6.07) is 8.11. The van der Waals surface area contributed by atoms with Crippen LogP contribution < -0.4 is 10.6 Å². The fraction of sp³-hybridized carbons (Fsp3) is 0.176. The molecule has 1 aliphatic rings. The van der Waals surface area contributed by atoms with E-state index < -0.39 is 34.7 Å². The summed E-state index contributed by atoms with van der Waals surface area (Å²) in [4.78, 5) is 24.7. The molecule has 0 radical (unpaired) electrons. The smallest absolute Gasteiger partial charge is 0.240 e. The molecule has 0 atom stereocenters. The van der Waals surface area contributed by atoms with Gasteiger partial charge >= 0.3 is 0 Å². The lowest BCUT2D eigenvalue weighted by Crippen LogP contribution is -2.35. The van der Waals surface area contributed by atoms with Gasteiger partial charge in [-0.05, 0) is 49.2 Å². The van der Waals surface area contributed by atoms with Gasteiger partial charge in [0.25, 0.3) is 0 Å². The average molecular weight is 334 g/mol. The van der Waals surface area contributed by atoms with Crippen molar-refractivity contribution in [3.8, 4) is 0 Å². The van der Waals surface area contributed by atoms with Gasteiger partial charge in [-0.1, -0.05) is 0 Å². The van der Waals surface area contributed by atoms with Crippen LogP contribution in [0.3, 0.4) is 0 Å². The number of halogens is 3. The van der Waals surface area contributed by atoms with E-state index in [2.05, 4.69) is 10.6 Å². The number of carbonyl (C=O) groups excluding carboxylic acids is 2. The monoisotopic (exact) mass is 334 g/mol. The fourth-order valence-corrected chi connectivity index (χ4v) is 2.29. The third-order valence-electron chi connectivity index (χ3n) is 3.90. The van der Waals surface area contributed by atoms with Crippen molar-refractivity contribution in [2.45, 2.75) is 12.8 Å². The predicted molar refractivity (Wildman–Crippen MR) is 81.7 cm³/mol.